The minimum Gasteiger partial charge on any atom is -0.502 e. The van der Waals surface area contributed by atoms with E-state index in [9.17, 15) is 24.8 Å². The van der Waals surface area contributed by atoms with E-state index in [0.29, 0.717) is 11.1 Å². The molecule has 0 atom stereocenters. The van der Waals surface area contributed by atoms with Gasteiger partial charge in [0.05, 0.1) is 17.7 Å². The summed E-state index contributed by atoms with van der Waals surface area (Å²) in [7, 11) is 0. The summed E-state index contributed by atoms with van der Waals surface area (Å²) < 4.78 is 0.738. The minimum absolute atomic E-state index is 0.293. The van der Waals surface area contributed by atoms with E-state index >= 15 is 0 Å². The fraction of sp³-hybridized carbons (Fsp3) is 0.0625. The van der Waals surface area contributed by atoms with Gasteiger partial charge in [-0.2, -0.15) is 5.10 Å². The second kappa shape index (κ2) is 8.72. The van der Waals surface area contributed by atoms with Crippen LogP contribution in [0, 0.1) is 10.1 Å². The molecular formula is C16H13BrN4O5. The molecule has 0 unspecified atom stereocenters. The molecule has 3 N–H and O–H groups in total. The first kappa shape index (κ1) is 19.1. The molecule has 0 radical (unpaired) electrons. The maximum absolute atomic E-state index is 11.9. The Morgan fingerprint density at radius 3 is 2.73 bits per heavy atom. The standard InChI is InChI=1S/C16H13BrN4O5/c17-12-3-1-2-11(7-12)16(24)18-9-15(23)20-19-8-10-4-5-14(22)13(6-10)21(25)26/h1-8,22H,9H2,(H,18,24)(H,20,23)/b19-8-. The van der Waals surface area contributed by atoms with Crippen molar-refractivity contribution >= 4 is 39.6 Å². The number of nitro benzene ring substituents is 1. The zero-order valence-electron chi connectivity index (χ0n) is 13.2. The number of aromatic hydroxyl groups is 1. The highest BCUT2D eigenvalue weighted by Crippen LogP contribution is 2.25. The van der Waals surface area contributed by atoms with Crippen LogP contribution in [0.4, 0.5) is 5.69 Å². The fourth-order valence-corrected chi connectivity index (χ4v) is 2.28. The Labute approximate surface area is 156 Å². The van der Waals surface area contributed by atoms with Crippen molar-refractivity contribution in [3.63, 3.8) is 0 Å². The summed E-state index contributed by atoms with van der Waals surface area (Å²) in [6.07, 6.45) is 1.18. The molecule has 0 saturated heterocycles. The highest BCUT2D eigenvalue weighted by atomic mass is 79.9. The highest BCUT2D eigenvalue weighted by molar-refractivity contribution is 9.10. The van der Waals surface area contributed by atoms with Crippen LogP contribution in [0.5, 0.6) is 5.75 Å². The van der Waals surface area contributed by atoms with Crippen molar-refractivity contribution < 1.29 is 19.6 Å². The van der Waals surface area contributed by atoms with Crippen LogP contribution in [-0.4, -0.2) is 34.6 Å². The lowest BCUT2D eigenvalue weighted by molar-refractivity contribution is -0.385. The van der Waals surface area contributed by atoms with E-state index in [1.165, 1.54) is 12.3 Å². The smallest absolute Gasteiger partial charge is 0.311 e. The number of benzene rings is 2. The van der Waals surface area contributed by atoms with E-state index in [0.717, 1.165) is 16.6 Å². The van der Waals surface area contributed by atoms with Crippen molar-refractivity contribution in [2.75, 3.05) is 6.54 Å². The van der Waals surface area contributed by atoms with Crippen LogP contribution in [0.25, 0.3) is 0 Å². The molecule has 0 aliphatic rings. The Balaban J connectivity index is 1.87. The number of phenolic OH excluding ortho intramolecular Hbond substituents is 1. The van der Waals surface area contributed by atoms with Gasteiger partial charge in [0, 0.05) is 21.7 Å². The monoisotopic (exact) mass is 420 g/mol. The van der Waals surface area contributed by atoms with Gasteiger partial charge in [-0.05, 0) is 30.3 Å². The van der Waals surface area contributed by atoms with E-state index in [1.54, 1.807) is 24.3 Å². The fourth-order valence-electron chi connectivity index (χ4n) is 1.88. The maximum Gasteiger partial charge on any atom is 0.311 e. The molecule has 0 aliphatic heterocycles. The third kappa shape index (κ3) is 5.38. The van der Waals surface area contributed by atoms with E-state index < -0.39 is 28.2 Å². The largest absolute Gasteiger partial charge is 0.502 e. The number of rotatable bonds is 6. The average Bonchev–Trinajstić information content (AvgIpc) is 2.60. The molecule has 134 valence electrons. The van der Waals surface area contributed by atoms with Gasteiger partial charge in [-0.25, -0.2) is 5.43 Å². The Hall–Kier alpha value is -3.27. The molecule has 9 nitrogen and oxygen atoms in total. The molecule has 2 amide bonds. The first-order valence-corrected chi connectivity index (χ1v) is 7.99. The van der Waals surface area contributed by atoms with E-state index in [2.05, 4.69) is 31.8 Å². The van der Waals surface area contributed by atoms with E-state index in [-0.39, 0.29) is 6.54 Å². The van der Waals surface area contributed by atoms with Gasteiger partial charge in [-0.3, -0.25) is 19.7 Å². The lowest BCUT2D eigenvalue weighted by Gasteiger charge is -2.04. The van der Waals surface area contributed by atoms with Gasteiger partial charge in [-0.1, -0.05) is 22.0 Å². The van der Waals surface area contributed by atoms with Crippen LogP contribution in [0.2, 0.25) is 0 Å². The number of nitrogens with zero attached hydrogens (tertiary/aromatic N) is 2. The van der Waals surface area contributed by atoms with Crippen LogP contribution in [-0.2, 0) is 4.79 Å². The number of halogens is 1. The zero-order valence-corrected chi connectivity index (χ0v) is 14.8. The van der Waals surface area contributed by atoms with Crippen molar-refractivity contribution in [3.05, 3.63) is 68.2 Å². The summed E-state index contributed by atoms with van der Waals surface area (Å²) in [5, 5.41) is 26.2. The number of hydrazone groups is 1. The molecular weight excluding hydrogens is 408 g/mol. The first-order valence-electron chi connectivity index (χ1n) is 7.20. The van der Waals surface area contributed by atoms with Crippen molar-refractivity contribution in [2.24, 2.45) is 5.10 Å². The normalized spacial score (nSPS) is 10.5. The van der Waals surface area contributed by atoms with E-state index in [4.69, 9.17) is 0 Å². The van der Waals surface area contributed by atoms with Crippen LogP contribution in [0.15, 0.2) is 52.0 Å². The van der Waals surface area contributed by atoms with Crippen LogP contribution < -0.4 is 10.7 Å². The molecule has 0 saturated carbocycles. The van der Waals surface area contributed by atoms with Gasteiger partial charge in [0.25, 0.3) is 11.8 Å². The number of carbonyl (C=O) groups excluding carboxylic acids is 2. The summed E-state index contributed by atoms with van der Waals surface area (Å²) in [5.74, 6) is -1.45. The van der Waals surface area contributed by atoms with E-state index in [1.807, 2.05) is 0 Å². The number of phenols is 1. The van der Waals surface area contributed by atoms with Crippen molar-refractivity contribution in [1.29, 1.82) is 0 Å². The summed E-state index contributed by atoms with van der Waals surface area (Å²) in [6, 6.07) is 10.3. The molecule has 2 aromatic carbocycles. The third-order valence-electron chi connectivity index (χ3n) is 3.10. The predicted octanol–water partition coefficient (Wildman–Crippen LogP) is 1.94. The quantitative estimate of drug-likeness (QED) is 0.372. The van der Waals surface area contributed by atoms with Gasteiger partial charge in [0.1, 0.15) is 0 Å². The predicted molar refractivity (Wildman–Crippen MR) is 97.0 cm³/mol. The average molecular weight is 421 g/mol. The Morgan fingerprint density at radius 1 is 1.27 bits per heavy atom. The van der Waals surface area contributed by atoms with Crippen molar-refractivity contribution in [2.45, 2.75) is 0 Å². The molecule has 0 spiro atoms. The first-order chi connectivity index (χ1) is 12.4. The second-order valence-electron chi connectivity index (χ2n) is 4.99. The lowest BCUT2D eigenvalue weighted by Crippen LogP contribution is -2.34. The van der Waals surface area contributed by atoms with Gasteiger partial charge in [-0.15, -0.1) is 0 Å². The SMILES string of the molecule is O=C(CNC(=O)c1cccc(Br)c1)N/N=C\c1ccc(O)c([N+](=O)[O-])c1. The van der Waals surface area contributed by atoms with Gasteiger partial charge in [0.15, 0.2) is 5.75 Å². The Morgan fingerprint density at radius 2 is 2.04 bits per heavy atom. The number of hydrogen-bond acceptors (Lipinski definition) is 6. The summed E-state index contributed by atoms with van der Waals surface area (Å²) in [6.45, 7) is -0.293. The van der Waals surface area contributed by atoms with Crippen LogP contribution in [0.1, 0.15) is 15.9 Å². The molecule has 0 aliphatic carbocycles. The Bertz CT molecular complexity index is 885. The molecule has 0 heterocycles. The summed E-state index contributed by atoms with van der Waals surface area (Å²) in [5.41, 5.74) is 2.42. The molecule has 26 heavy (non-hydrogen) atoms. The van der Waals surface area contributed by atoms with Crippen molar-refractivity contribution in [3.8, 4) is 5.75 Å². The van der Waals surface area contributed by atoms with Gasteiger partial charge in [0.2, 0.25) is 0 Å². The Kier molecular flexibility index (Phi) is 6.39. The molecule has 10 heteroatoms. The molecule has 2 aromatic rings. The number of amides is 2. The van der Waals surface area contributed by atoms with Gasteiger partial charge >= 0.3 is 5.69 Å². The zero-order chi connectivity index (χ0) is 19.1. The maximum atomic E-state index is 11.9. The molecule has 2 rings (SSSR count). The molecule has 0 fully saturated rings. The summed E-state index contributed by atoms with van der Waals surface area (Å²) in [4.78, 5) is 33.6. The lowest BCUT2D eigenvalue weighted by atomic mass is 10.2. The van der Waals surface area contributed by atoms with Gasteiger partial charge < -0.3 is 10.4 Å². The highest BCUT2D eigenvalue weighted by Gasteiger charge is 2.13. The topological polar surface area (TPSA) is 134 Å². The number of nitrogens with one attached hydrogen (secondary N) is 2. The molecule has 0 aromatic heterocycles. The minimum atomic E-state index is -0.733. The van der Waals surface area contributed by atoms with Crippen molar-refractivity contribution in [1.82, 2.24) is 10.7 Å². The number of hydrogen-bond donors (Lipinski definition) is 3. The van der Waals surface area contributed by atoms with Crippen LogP contribution >= 0.6 is 15.9 Å². The number of carbonyl (C=O) groups is 2. The summed E-state index contributed by atoms with van der Waals surface area (Å²) >= 11 is 3.25. The van der Waals surface area contributed by atoms with Crippen LogP contribution in [0.3, 0.4) is 0 Å². The third-order valence-corrected chi connectivity index (χ3v) is 3.59. The molecule has 0 bridgehead atoms. The number of nitro groups is 1. The second-order valence-corrected chi connectivity index (χ2v) is 5.91.